The highest BCUT2D eigenvalue weighted by molar-refractivity contribution is 5.66. The van der Waals surface area contributed by atoms with Gasteiger partial charge in [0.15, 0.2) is 23.0 Å². The van der Waals surface area contributed by atoms with Gasteiger partial charge in [0.05, 0.1) is 14.2 Å². The minimum atomic E-state index is -0.0553. The monoisotopic (exact) mass is 512 g/mol. The highest BCUT2D eigenvalue weighted by atomic mass is 16.5. The Morgan fingerprint density at radius 3 is 1.76 bits per heavy atom. The first-order chi connectivity index (χ1) is 17.6. The van der Waals surface area contributed by atoms with E-state index in [1.54, 1.807) is 14.2 Å². The van der Waals surface area contributed by atoms with Crippen molar-refractivity contribution >= 4 is 0 Å². The molecule has 2 aromatic rings. The van der Waals surface area contributed by atoms with E-state index in [1.807, 2.05) is 12.1 Å². The molecule has 0 saturated carbocycles. The van der Waals surface area contributed by atoms with Crippen molar-refractivity contribution in [2.45, 2.75) is 65.5 Å². The molecule has 0 amide bonds. The molecule has 0 aliphatic carbocycles. The second-order valence-electron chi connectivity index (χ2n) is 11.5. The van der Waals surface area contributed by atoms with Gasteiger partial charge in [-0.3, -0.25) is 9.80 Å². The van der Waals surface area contributed by atoms with Crippen LogP contribution in [0.15, 0.2) is 12.1 Å². The fourth-order valence-electron chi connectivity index (χ4n) is 5.98. The SMILES string of the molecule is COc1cc2c(c(Oc3c(OC)cc4c(c3O)[C@H](CC(C)C)N(C)CC4)c1O)[C@@H](CC(C)C)N(C)CC2. The van der Waals surface area contributed by atoms with Crippen molar-refractivity contribution in [2.75, 3.05) is 41.4 Å². The van der Waals surface area contributed by atoms with Crippen molar-refractivity contribution in [3.8, 4) is 34.5 Å². The van der Waals surface area contributed by atoms with Gasteiger partial charge in [0.2, 0.25) is 11.5 Å². The number of fused-ring (bicyclic) bond motifs is 2. The molecule has 2 aliphatic heterocycles. The van der Waals surface area contributed by atoms with Crippen LogP contribution < -0.4 is 14.2 Å². The van der Waals surface area contributed by atoms with Crippen LogP contribution in [0.1, 0.15) is 74.9 Å². The lowest BCUT2D eigenvalue weighted by atomic mass is 9.86. The summed E-state index contributed by atoms with van der Waals surface area (Å²) in [5.74, 6) is 2.37. The molecule has 2 heterocycles. The number of ether oxygens (including phenoxy) is 3. The van der Waals surface area contributed by atoms with Crippen molar-refractivity contribution in [1.29, 1.82) is 0 Å². The number of methoxy groups -OCH3 is 2. The van der Waals surface area contributed by atoms with Crippen LogP contribution in [-0.2, 0) is 12.8 Å². The van der Waals surface area contributed by atoms with E-state index < -0.39 is 0 Å². The van der Waals surface area contributed by atoms with Gasteiger partial charge < -0.3 is 24.4 Å². The molecule has 0 aromatic heterocycles. The molecule has 0 radical (unpaired) electrons. The molecular weight excluding hydrogens is 468 g/mol. The number of phenols is 2. The van der Waals surface area contributed by atoms with E-state index in [-0.39, 0.29) is 29.3 Å². The second-order valence-corrected chi connectivity index (χ2v) is 11.5. The molecule has 0 fully saturated rings. The number of phenolic OH excluding ortho intramolecular Hbond substituents is 2. The van der Waals surface area contributed by atoms with E-state index in [9.17, 15) is 10.2 Å². The Hall–Kier alpha value is -2.64. The summed E-state index contributed by atoms with van der Waals surface area (Å²) in [6.45, 7) is 10.6. The fourth-order valence-corrected chi connectivity index (χ4v) is 5.98. The minimum absolute atomic E-state index is 0.0553. The third-order valence-corrected chi connectivity index (χ3v) is 7.92. The van der Waals surface area contributed by atoms with Gasteiger partial charge in [0.1, 0.15) is 0 Å². The zero-order valence-electron chi connectivity index (χ0n) is 23.7. The molecule has 204 valence electrons. The highest BCUT2D eigenvalue weighted by Gasteiger charge is 2.36. The average molecular weight is 513 g/mol. The molecule has 0 bridgehead atoms. The highest BCUT2D eigenvalue weighted by Crippen LogP contribution is 2.54. The molecule has 0 saturated heterocycles. The summed E-state index contributed by atoms with van der Waals surface area (Å²) in [5, 5.41) is 23.1. The van der Waals surface area contributed by atoms with Crippen LogP contribution in [0.5, 0.6) is 34.5 Å². The lowest BCUT2D eigenvalue weighted by molar-refractivity contribution is 0.192. The third kappa shape index (κ3) is 5.21. The van der Waals surface area contributed by atoms with E-state index in [4.69, 9.17) is 14.2 Å². The smallest absolute Gasteiger partial charge is 0.211 e. The van der Waals surface area contributed by atoms with Crippen LogP contribution in [-0.4, -0.2) is 61.4 Å². The van der Waals surface area contributed by atoms with Crippen molar-refractivity contribution in [1.82, 2.24) is 9.80 Å². The number of likely N-dealkylation sites (N-methyl/N-ethyl adjacent to an activating group) is 2. The van der Waals surface area contributed by atoms with Gasteiger partial charge in [0.25, 0.3) is 0 Å². The second kappa shape index (κ2) is 11.0. The van der Waals surface area contributed by atoms with E-state index in [0.29, 0.717) is 29.1 Å². The van der Waals surface area contributed by atoms with Crippen molar-refractivity contribution in [2.24, 2.45) is 11.8 Å². The number of benzene rings is 2. The summed E-state index contributed by atoms with van der Waals surface area (Å²) in [4.78, 5) is 4.62. The fraction of sp³-hybridized carbons (Fsp3) is 0.600. The molecule has 7 heteroatoms. The molecule has 2 N–H and O–H groups in total. The molecule has 2 aliphatic rings. The third-order valence-electron chi connectivity index (χ3n) is 7.92. The van der Waals surface area contributed by atoms with Gasteiger partial charge in [-0.1, -0.05) is 27.7 Å². The van der Waals surface area contributed by atoms with Gasteiger partial charge in [-0.15, -0.1) is 0 Å². The largest absolute Gasteiger partial charge is 0.504 e. The molecule has 4 rings (SSSR count). The predicted octanol–water partition coefficient (Wildman–Crippen LogP) is 6.06. The Morgan fingerprint density at radius 2 is 1.24 bits per heavy atom. The summed E-state index contributed by atoms with van der Waals surface area (Å²) in [6.07, 6.45) is 3.48. The van der Waals surface area contributed by atoms with Crippen LogP contribution >= 0.6 is 0 Å². The van der Waals surface area contributed by atoms with Crippen molar-refractivity contribution in [3.05, 3.63) is 34.4 Å². The molecule has 7 nitrogen and oxygen atoms in total. The number of nitrogens with zero attached hydrogens (tertiary/aromatic N) is 2. The van der Waals surface area contributed by atoms with Crippen LogP contribution in [0.4, 0.5) is 0 Å². The number of aromatic hydroxyl groups is 2. The Labute approximate surface area is 221 Å². The Bertz CT molecular complexity index is 1130. The average Bonchev–Trinajstić information content (AvgIpc) is 2.84. The van der Waals surface area contributed by atoms with Gasteiger partial charge in [-0.2, -0.15) is 0 Å². The lowest BCUT2D eigenvalue weighted by Crippen LogP contribution is -2.33. The molecule has 0 unspecified atom stereocenters. The quantitative estimate of drug-likeness (QED) is 0.445. The molecule has 0 spiro atoms. The summed E-state index contributed by atoms with van der Waals surface area (Å²) in [5.41, 5.74) is 4.03. The van der Waals surface area contributed by atoms with Crippen LogP contribution in [0.25, 0.3) is 0 Å². The standard InChI is InChI=1S/C30H44N2O5/c1-17(2)13-21-25-19(9-11-31(21)5)16-24(36-8)29(28(25)34)37-30-26-20(15-23(35-7)27(30)33)10-12-32(6)22(26)14-18(3)4/h15-18,21-22,33-34H,9-14H2,1-8H3/t21-,22+/m0/s1. The minimum Gasteiger partial charge on any atom is -0.504 e. The van der Waals surface area contributed by atoms with Crippen LogP contribution in [0, 0.1) is 11.8 Å². The normalized spacial score (nSPS) is 20.2. The van der Waals surface area contributed by atoms with E-state index in [1.165, 1.54) is 0 Å². The Morgan fingerprint density at radius 1 is 0.757 bits per heavy atom. The first-order valence-corrected chi connectivity index (χ1v) is 13.5. The van der Waals surface area contributed by atoms with E-state index in [2.05, 4.69) is 51.6 Å². The first kappa shape index (κ1) is 27.4. The lowest BCUT2D eigenvalue weighted by Gasteiger charge is -2.38. The van der Waals surface area contributed by atoms with Gasteiger partial charge >= 0.3 is 0 Å². The Kier molecular flexibility index (Phi) is 8.14. The van der Waals surface area contributed by atoms with Crippen molar-refractivity contribution in [3.63, 3.8) is 0 Å². The first-order valence-electron chi connectivity index (χ1n) is 13.5. The zero-order chi connectivity index (χ0) is 27.0. The number of rotatable bonds is 8. The number of hydrogen-bond donors (Lipinski definition) is 2. The van der Waals surface area contributed by atoms with E-state index >= 15 is 0 Å². The van der Waals surface area contributed by atoms with Crippen molar-refractivity contribution < 1.29 is 24.4 Å². The van der Waals surface area contributed by atoms with Crippen LogP contribution in [0.3, 0.4) is 0 Å². The zero-order valence-corrected chi connectivity index (χ0v) is 23.7. The molecular formula is C30H44N2O5. The maximum Gasteiger partial charge on any atom is 0.211 e. The predicted molar refractivity (Wildman–Crippen MR) is 146 cm³/mol. The van der Waals surface area contributed by atoms with Gasteiger partial charge in [-0.25, -0.2) is 0 Å². The summed E-state index contributed by atoms with van der Waals surface area (Å²) in [7, 11) is 7.36. The number of hydrogen-bond acceptors (Lipinski definition) is 7. The van der Waals surface area contributed by atoms with Gasteiger partial charge in [0, 0.05) is 36.3 Å². The molecule has 2 aromatic carbocycles. The molecule has 37 heavy (non-hydrogen) atoms. The summed E-state index contributed by atoms with van der Waals surface area (Å²) in [6, 6.07) is 4.06. The maximum absolute atomic E-state index is 11.7. The van der Waals surface area contributed by atoms with Gasteiger partial charge in [-0.05, 0) is 74.9 Å². The van der Waals surface area contributed by atoms with Crippen LogP contribution in [0.2, 0.25) is 0 Å². The van der Waals surface area contributed by atoms with E-state index in [0.717, 1.165) is 61.0 Å². The maximum atomic E-state index is 11.7. The topological polar surface area (TPSA) is 74.6 Å². The molecule has 2 atom stereocenters. The Balaban J connectivity index is 1.91. The summed E-state index contributed by atoms with van der Waals surface area (Å²) >= 11 is 0. The summed E-state index contributed by atoms with van der Waals surface area (Å²) < 4.78 is 17.8.